The smallest absolute Gasteiger partial charge is 0.416 e. The molecule has 2 saturated heterocycles. The Morgan fingerprint density at radius 1 is 0.506 bits per heavy atom. The first-order valence-corrected chi connectivity index (χ1v) is 27.5. The number of nitrogens with zero attached hydrogens (tertiary/aromatic N) is 4. The van der Waals surface area contributed by atoms with Crippen molar-refractivity contribution < 1.29 is 96.2 Å². The predicted molar refractivity (Wildman–Crippen MR) is 295 cm³/mol. The summed E-state index contributed by atoms with van der Waals surface area (Å²) in [4.78, 5) is 52.7. The molecule has 0 bridgehead atoms. The summed E-state index contributed by atoms with van der Waals surface area (Å²) in [7, 11) is 0. The van der Waals surface area contributed by atoms with Crippen molar-refractivity contribution in [3.8, 4) is 0 Å². The number of carbonyl (C=O) groups excluding carboxylic acids is 2. The quantitative estimate of drug-likeness (QED) is 0.0521. The van der Waals surface area contributed by atoms with E-state index in [-0.39, 0.29) is 63.1 Å². The first-order chi connectivity index (χ1) is 41.7. The minimum absolute atomic E-state index is 0.00194. The molecule has 8 rings (SSSR count). The summed E-state index contributed by atoms with van der Waals surface area (Å²) in [6, 6.07) is 36.2. The summed E-state index contributed by atoms with van der Waals surface area (Å²) in [5.74, 6) is 0. The average molecular weight is 1270 g/mol. The van der Waals surface area contributed by atoms with Crippen molar-refractivity contribution in [2.24, 2.45) is 0 Å². The van der Waals surface area contributed by atoms with Gasteiger partial charge in [-0.1, -0.05) is 121 Å². The highest BCUT2D eigenvalue weighted by molar-refractivity contribution is 5.70. The summed E-state index contributed by atoms with van der Waals surface area (Å²) in [6.45, 7) is 0.838. The standard InChI is InChI=1S/C31H30F6N2O6.C31H30F6N2O5/c1-21(23-14-25(30(32,33)34)16-26(15-23)31(35,36)37)45-20-29(24-10-6-3-7-11-24)13-12-28(19-40,39(42)43)18-38(29)27(41)44-17-22-8-4-2-5-9-22;1-21(23-15-25(30(32,33)34)17-26(16-23)31(35,36)37)44-20-29(24-11-7-4-8-12-24)14-13-28(2,39(41)42)19-38(29)27(40)43-18-22-9-5-3-6-10-22/h2-11,14-16,21,40H,12-13,17-20H2,1H3;3-12,15-17,21H,13-14,18-20H2,1-2H3/t2*21-,28-,29-/m11/s1. The molecule has 1 N–H and O–H groups in total. The maximum absolute atomic E-state index is 13.7. The van der Waals surface area contributed by atoms with Gasteiger partial charge in [-0.2, -0.15) is 52.7 Å². The molecule has 2 aliphatic rings. The first-order valence-electron chi connectivity index (χ1n) is 27.5. The van der Waals surface area contributed by atoms with Gasteiger partial charge < -0.3 is 24.1 Å². The van der Waals surface area contributed by atoms with E-state index < -0.39 is 135 Å². The molecule has 6 aromatic rings. The predicted octanol–water partition coefficient (Wildman–Crippen LogP) is 15.3. The highest BCUT2D eigenvalue weighted by atomic mass is 19.4. The summed E-state index contributed by atoms with van der Waals surface area (Å²) in [5, 5.41) is 34.3. The molecule has 0 aliphatic carbocycles. The summed E-state index contributed by atoms with van der Waals surface area (Å²) < 4.78 is 185. The third kappa shape index (κ3) is 16.1. The number of benzene rings is 6. The van der Waals surface area contributed by atoms with E-state index in [0.717, 1.165) is 4.90 Å². The van der Waals surface area contributed by atoms with Crippen molar-refractivity contribution in [3.05, 3.63) is 234 Å². The monoisotopic (exact) mass is 1260 g/mol. The maximum atomic E-state index is 13.7. The number of aliphatic hydroxyl groups is 1. The number of hydrogen-bond donors (Lipinski definition) is 1. The molecule has 15 nitrogen and oxygen atoms in total. The number of alkyl halides is 12. The van der Waals surface area contributed by atoms with Crippen LogP contribution in [0.15, 0.2) is 158 Å². The largest absolute Gasteiger partial charge is 0.445 e. The molecule has 0 saturated carbocycles. The SMILES string of the molecule is C[C@@H](OC[C@@]1(c2ccccc2)CC[C@@](C)([N+](=O)[O-])CN1C(=O)OCc1ccccc1)c1cc(C(F)(F)F)cc(C(F)(F)F)c1.C[C@@H](OC[C@@]1(c2ccccc2)CC[C@@](CO)([N+](=O)[O-])CN1C(=O)OCc1ccccc1)c1cc(C(F)(F)F)cc(C(F)(F)F)c1. The van der Waals surface area contributed by atoms with Crippen LogP contribution in [0.4, 0.5) is 62.3 Å². The van der Waals surface area contributed by atoms with Crippen molar-refractivity contribution >= 4 is 12.2 Å². The third-order valence-electron chi connectivity index (χ3n) is 16.0. The number of rotatable bonds is 17. The average Bonchev–Trinajstić information content (AvgIpc) is 0.859. The second kappa shape index (κ2) is 27.2. The molecule has 2 amide bonds. The van der Waals surface area contributed by atoms with E-state index in [9.17, 15) is 87.6 Å². The fraction of sp³-hybridized carbons (Fsp3) is 0.387. The number of piperidine rings is 2. The number of aliphatic hydroxyl groups excluding tert-OH is 1. The van der Waals surface area contributed by atoms with Gasteiger partial charge in [-0.3, -0.25) is 30.0 Å². The lowest BCUT2D eigenvalue weighted by Gasteiger charge is -2.49. The van der Waals surface area contributed by atoms with Gasteiger partial charge in [0.25, 0.3) is 5.54 Å². The van der Waals surface area contributed by atoms with Gasteiger partial charge in [-0.05, 0) is 96.5 Å². The van der Waals surface area contributed by atoms with Crippen LogP contribution in [0.3, 0.4) is 0 Å². The topological polar surface area (TPSA) is 184 Å². The van der Waals surface area contributed by atoms with Gasteiger partial charge in [0, 0.05) is 29.6 Å². The van der Waals surface area contributed by atoms with Crippen molar-refractivity contribution in [1.29, 1.82) is 0 Å². The summed E-state index contributed by atoms with van der Waals surface area (Å²) >= 11 is 0. The van der Waals surface area contributed by atoms with E-state index in [1.807, 2.05) is 0 Å². The number of likely N-dealkylation sites (tertiary alicyclic amines) is 2. The first kappa shape index (κ1) is 68.2. The van der Waals surface area contributed by atoms with Gasteiger partial charge in [-0.15, -0.1) is 0 Å². The van der Waals surface area contributed by atoms with Crippen LogP contribution in [0.1, 0.15) is 114 Å². The third-order valence-corrected chi connectivity index (χ3v) is 16.0. The second-order valence-corrected chi connectivity index (χ2v) is 22.0. The van der Waals surface area contributed by atoms with Gasteiger partial charge in [-0.25, -0.2) is 9.59 Å². The van der Waals surface area contributed by atoms with E-state index in [1.54, 1.807) is 121 Å². The van der Waals surface area contributed by atoms with Crippen LogP contribution in [-0.4, -0.2) is 80.9 Å². The van der Waals surface area contributed by atoms with Crippen molar-refractivity contribution in [3.63, 3.8) is 0 Å². The Morgan fingerprint density at radius 3 is 1.15 bits per heavy atom. The van der Waals surface area contributed by atoms with Crippen LogP contribution < -0.4 is 0 Å². The van der Waals surface area contributed by atoms with Crippen molar-refractivity contribution in [1.82, 2.24) is 9.80 Å². The van der Waals surface area contributed by atoms with Crippen molar-refractivity contribution in [2.45, 2.75) is 119 Å². The molecule has 0 radical (unpaired) electrons. The van der Waals surface area contributed by atoms with Crippen LogP contribution in [0.25, 0.3) is 0 Å². The number of amides is 2. The Balaban J connectivity index is 0.000000254. The second-order valence-electron chi connectivity index (χ2n) is 22.0. The molecule has 27 heteroatoms. The van der Waals surface area contributed by atoms with Crippen molar-refractivity contribution in [2.75, 3.05) is 32.9 Å². The van der Waals surface area contributed by atoms with Crippen LogP contribution in [0, 0.1) is 20.2 Å². The number of carbonyl (C=O) groups is 2. The molecule has 0 spiro atoms. The number of nitro groups is 2. The zero-order valence-corrected chi connectivity index (χ0v) is 47.8. The zero-order valence-electron chi connectivity index (χ0n) is 47.8. The Morgan fingerprint density at radius 2 is 0.831 bits per heavy atom. The minimum Gasteiger partial charge on any atom is -0.445 e. The fourth-order valence-corrected chi connectivity index (χ4v) is 10.5. The maximum Gasteiger partial charge on any atom is 0.416 e. The van der Waals surface area contributed by atoms with Crippen LogP contribution in [0.2, 0.25) is 0 Å². The summed E-state index contributed by atoms with van der Waals surface area (Å²) in [5.41, 5.74) is -11.0. The van der Waals surface area contributed by atoms with Crippen LogP contribution in [-0.2, 0) is 67.9 Å². The molecular formula is C62H60F12N4O11. The highest BCUT2D eigenvalue weighted by Gasteiger charge is 2.58. The Kier molecular flexibility index (Phi) is 20.8. The van der Waals surface area contributed by atoms with Gasteiger partial charge in [0.1, 0.15) is 19.8 Å². The molecule has 89 heavy (non-hydrogen) atoms. The van der Waals surface area contributed by atoms with Crippen LogP contribution in [0.5, 0.6) is 0 Å². The number of hydrogen-bond acceptors (Lipinski definition) is 11. The molecule has 2 aliphatic heterocycles. The summed E-state index contributed by atoms with van der Waals surface area (Å²) in [6.07, 6.45) is -25.1. The lowest BCUT2D eigenvalue weighted by atomic mass is 9.75. The molecule has 478 valence electrons. The molecule has 2 fully saturated rings. The Bertz CT molecular complexity index is 3340. The van der Waals surface area contributed by atoms with Gasteiger partial charge in [0.05, 0.1) is 71.8 Å². The fourth-order valence-electron chi connectivity index (χ4n) is 10.5. The van der Waals surface area contributed by atoms with Gasteiger partial charge >= 0.3 is 36.9 Å². The lowest BCUT2D eigenvalue weighted by Crippen LogP contribution is -2.65. The molecule has 0 aromatic heterocycles. The molecular weight excluding hydrogens is 1200 g/mol. The highest BCUT2D eigenvalue weighted by Crippen LogP contribution is 2.47. The Labute approximate surface area is 502 Å². The van der Waals surface area contributed by atoms with E-state index in [0.29, 0.717) is 46.5 Å². The number of halogens is 12. The van der Waals surface area contributed by atoms with E-state index in [1.165, 1.54) is 25.7 Å². The molecule has 0 unspecified atom stereocenters. The number of ether oxygens (including phenoxy) is 4. The zero-order chi connectivity index (χ0) is 65.4. The van der Waals surface area contributed by atoms with Crippen LogP contribution >= 0.6 is 0 Å². The van der Waals surface area contributed by atoms with Gasteiger partial charge in [0.2, 0.25) is 5.54 Å². The van der Waals surface area contributed by atoms with Gasteiger partial charge in [0.15, 0.2) is 0 Å². The normalized spacial score (nSPS) is 21.4. The van der Waals surface area contributed by atoms with E-state index in [4.69, 9.17) is 18.9 Å². The Hall–Kier alpha value is -8.30. The van der Waals surface area contributed by atoms with E-state index in [2.05, 4.69) is 0 Å². The molecule has 6 atom stereocenters. The molecule has 2 heterocycles. The minimum atomic E-state index is -5.07. The van der Waals surface area contributed by atoms with E-state index >= 15 is 0 Å². The lowest BCUT2D eigenvalue weighted by molar-refractivity contribution is -0.579. The molecule has 6 aromatic carbocycles.